The lowest BCUT2D eigenvalue weighted by Crippen LogP contribution is -2.30. The van der Waals surface area contributed by atoms with Gasteiger partial charge in [-0.05, 0) is 109 Å². The van der Waals surface area contributed by atoms with Crippen LogP contribution < -0.4 is 0 Å². The zero-order valence-corrected chi connectivity index (χ0v) is 49.5. The summed E-state index contributed by atoms with van der Waals surface area (Å²) in [6, 6.07) is 0. The van der Waals surface area contributed by atoms with Crippen LogP contribution in [0.2, 0.25) is 0 Å². The minimum atomic E-state index is -0.799. The molecule has 0 bridgehead atoms. The summed E-state index contributed by atoms with van der Waals surface area (Å²) >= 11 is 0. The Labute approximate surface area is 469 Å². The summed E-state index contributed by atoms with van der Waals surface area (Å²) in [5.41, 5.74) is 0. The first kappa shape index (κ1) is 71.8. The van der Waals surface area contributed by atoms with Gasteiger partial charge in [-0.1, -0.05) is 277 Å². The molecule has 0 aliphatic rings. The predicted octanol–water partition coefficient (Wildman–Crippen LogP) is 21.6. The van der Waals surface area contributed by atoms with Gasteiger partial charge in [0, 0.05) is 19.3 Å². The van der Waals surface area contributed by atoms with E-state index >= 15 is 0 Å². The van der Waals surface area contributed by atoms with E-state index < -0.39 is 6.10 Å². The van der Waals surface area contributed by atoms with Crippen molar-refractivity contribution in [3.63, 3.8) is 0 Å². The molecule has 1 atom stereocenters. The van der Waals surface area contributed by atoms with Crippen molar-refractivity contribution in [2.75, 3.05) is 13.2 Å². The monoisotopic (exact) mass is 1050 g/mol. The number of unbranched alkanes of at least 4 members (excludes halogenated alkanes) is 25. The third kappa shape index (κ3) is 60.7. The Hall–Kier alpha value is -4.19. The third-order valence-electron chi connectivity index (χ3n) is 13.2. The van der Waals surface area contributed by atoms with Crippen molar-refractivity contribution in [1.29, 1.82) is 0 Å². The molecule has 6 heteroatoms. The molecule has 0 aromatic carbocycles. The first-order chi connectivity index (χ1) is 37.5. The Bertz CT molecular complexity index is 1590. The van der Waals surface area contributed by atoms with Gasteiger partial charge in [-0.3, -0.25) is 14.4 Å². The van der Waals surface area contributed by atoms with Crippen molar-refractivity contribution in [2.24, 2.45) is 0 Å². The molecule has 0 aliphatic heterocycles. The summed E-state index contributed by atoms with van der Waals surface area (Å²) in [6.07, 6.45) is 88.0. The highest BCUT2D eigenvalue weighted by Crippen LogP contribution is 2.16. The van der Waals surface area contributed by atoms with Crippen LogP contribution in [0.4, 0.5) is 0 Å². The maximum Gasteiger partial charge on any atom is 0.306 e. The Morgan fingerprint density at radius 2 is 0.513 bits per heavy atom. The molecule has 0 aromatic heterocycles. The smallest absolute Gasteiger partial charge is 0.306 e. The van der Waals surface area contributed by atoms with Crippen LogP contribution in [0.15, 0.2) is 122 Å². The minimum Gasteiger partial charge on any atom is -0.462 e. The van der Waals surface area contributed by atoms with Crippen molar-refractivity contribution in [2.45, 2.75) is 290 Å². The second-order valence-electron chi connectivity index (χ2n) is 20.6. The zero-order valence-electron chi connectivity index (χ0n) is 49.5. The lowest BCUT2D eigenvalue weighted by atomic mass is 10.0. The molecule has 432 valence electrons. The van der Waals surface area contributed by atoms with Crippen molar-refractivity contribution >= 4 is 17.9 Å². The summed E-state index contributed by atoms with van der Waals surface area (Å²) < 4.78 is 16.8. The molecule has 0 rings (SSSR count). The predicted molar refractivity (Wildman–Crippen MR) is 330 cm³/mol. The van der Waals surface area contributed by atoms with E-state index in [1.807, 2.05) is 0 Å². The quantitative estimate of drug-likeness (QED) is 0.0261. The molecular weight excluding hydrogens is 937 g/mol. The van der Waals surface area contributed by atoms with Crippen LogP contribution in [0, 0.1) is 0 Å². The normalized spacial score (nSPS) is 12.9. The highest BCUT2D eigenvalue weighted by atomic mass is 16.6. The summed E-state index contributed by atoms with van der Waals surface area (Å²) in [6.45, 7) is 6.37. The van der Waals surface area contributed by atoms with Gasteiger partial charge in [0.25, 0.3) is 0 Å². The molecule has 6 nitrogen and oxygen atoms in total. The molecule has 0 aliphatic carbocycles. The molecule has 1 unspecified atom stereocenters. The number of ether oxygens (including phenoxy) is 3. The van der Waals surface area contributed by atoms with Crippen molar-refractivity contribution in [3.05, 3.63) is 122 Å². The van der Waals surface area contributed by atoms with E-state index in [-0.39, 0.29) is 37.5 Å². The molecule has 0 spiro atoms. The Morgan fingerprint density at radius 1 is 0.276 bits per heavy atom. The number of carbonyl (C=O) groups excluding carboxylic acids is 3. The molecule has 0 aromatic rings. The van der Waals surface area contributed by atoms with E-state index in [1.54, 1.807) is 0 Å². The topological polar surface area (TPSA) is 78.9 Å². The third-order valence-corrected chi connectivity index (χ3v) is 13.2. The summed E-state index contributed by atoms with van der Waals surface area (Å²) in [5, 5.41) is 0. The lowest BCUT2D eigenvalue weighted by molar-refractivity contribution is -0.167. The largest absolute Gasteiger partial charge is 0.462 e. The lowest BCUT2D eigenvalue weighted by Gasteiger charge is -2.18. The van der Waals surface area contributed by atoms with Gasteiger partial charge in [-0.25, -0.2) is 0 Å². The van der Waals surface area contributed by atoms with E-state index in [9.17, 15) is 14.4 Å². The van der Waals surface area contributed by atoms with Crippen LogP contribution in [0.3, 0.4) is 0 Å². The second-order valence-corrected chi connectivity index (χ2v) is 20.6. The van der Waals surface area contributed by atoms with Crippen molar-refractivity contribution < 1.29 is 28.6 Å². The molecule has 0 radical (unpaired) electrons. The number of hydrogen-bond donors (Lipinski definition) is 0. The van der Waals surface area contributed by atoms with Crippen LogP contribution in [-0.4, -0.2) is 37.2 Å². The van der Waals surface area contributed by atoms with E-state index in [0.29, 0.717) is 19.3 Å². The SMILES string of the molecule is CC/C=C\C/C=C\C/C=C\C/C=C\C/C=C\C/C=C\CCCCCCCCCCCCCCCCC(=O)OCC(COC(=O)CCCCCCCCCCCC)OC(=O)CCCC/C=C\C/C=C\C/C=C\C/C=C\CC. The molecular formula is C70H116O6. The fraction of sp³-hybridized carbons (Fsp3) is 0.671. The van der Waals surface area contributed by atoms with Crippen molar-refractivity contribution in [3.8, 4) is 0 Å². The first-order valence-corrected chi connectivity index (χ1v) is 31.5. The van der Waals surface area contributed by atoms with E-state index in [2.05, 4.69) is 142 Å². The molecule has 76 heavy (non-hydrogen) atoms. The van der Waals surface area contributed by atoms with Gasteiger partial charge >= 0.3 is 17.9 Å². The molecule has 0 N–H and O–H groups in total. The summed E-state index contributed by atoms with van der Waals surface area (Å²) in [7, 11) is 0. The fourth-order valence-electron chi connectivity index (χ4n) is 8.56. The maximum absolute atomic E-state index is 12.8. The van der Waals surface area contributed by atoms with Gasteiger partial charge in [0.2, 0.25) is 0 Å². The van der Waals surface area contributed by atoms with Crippen LogP contribution in [0.5, 0.6) is 0 Å². The number of hydrogen-bond acceptors (Lipinski definition) is 6. The van der Waals surface area contributed by atoms with Gasteiger partial charge in [0.1, 0.15) is 13.2 Å². The van der Waals surface area contributed by atoms with Crippen LogP contribution in [0.1, 0.15) is 284 Å². The van der Waals surface area contributed by atoms with Gasteiger partial charge in [0.15, 0.2) is 6.10 Å². The number of allylic oxidation sites excluding steroid dienone is 20. The fourth-order valence-corrected chi connectivity index (χ4v) is 8.56. The number of rotatable bonds is 56. The molecule has 0 heterocycles. The van der Waals surface area contributed by atoms with Gasteiger partial charge in [-0.2, -0.15) is 0 Å². The standard InChI is InChI=1S/C70H116O6/c1-4-7-10-13-16-19-22-24-26-27-28-29-30-31-32-33-34-35-36-37-38-39-40-41-42-43-45-46-48-51-54-57-60-63-69(72)75-66-67(65-74-68(71)62-59-56-53-50-21-18-15-12-9-6-3)76-70(73)64-61-58-55-52-49-47-44-25-23-20-17-14-11-8-5-2/h7-8,10-11,16-17,19-20,24-26,28-29,31-32,34-35,44,49,52,67H,4-6,9,12-15,18,21-23,27,30,33,36-43,45-48,50-51,53-66H2,1-3H3/b10-7-,11-8-,19-16-,20-17-,26-24-,29-28-,32-31-,35-34-,44-25-,52-49-. The maximum atomic E-state index is 12.8. The molecule has 0 saturated carbocycles. The molecule has 0 fully saturated rings. The Kier molecular flexibility index (Phi) is 59.9. The van der Waals surface area contributed by atoms with E-state index in [0.717, 1.165) is 116 Å². The summed E-state index contributed by atoms with van der Waals surface area (Å²) in [5.74, 6) is -0.934. The van der Waals surface area contributed by atoms with Gasteiger partial charge in [0.05, 0.1) is 0 Å². The second kappa shape index (κ2) is 63.3. The van der Waals surface area contributed by atoms with Gasteiger partial charge in [-0.15, -0.1) is 0 Å². The highest BCUT2D eigenvalue weighted by Gasteiger charge is 2.19. The molecule has 0 saturated heterocycles. The average Bonchev–Trinajstić information content (AvgIpc) is 3.42. The Balaban J connectivity index is 4.17. The minimum absolute atomic E-state index is 0.0934. The number of esters is 3. The van der Waals surface area contributed by atoms with E-state index in [1.165, 1.54) is 122 Å². The van der Waals surface area contributed by atoms with Crippen LogP contribution in [-0.2, 0) is 28.6 Å². The van der Waals surface area contributed by atoms with Crippen molar-refractivity contribution in [1.82, 2.24) is 0 Å². The molecule has 0 amide bonds. The number of carbonyl (C=O) groups is 3. The van der Waals surface area contributed by atoms with E-state index in [4.69, 9.17) is 14.2 Å². The average molecular weight is 1050 g/mol. The highest BCUT2D eigenvalue weighted by molar-refractivity contribution is 5.71. The van der Waals surface area contributed by atoms with Gasteiger partial charge < -0.3 is 14.2 Å². The summed E-state index contributed by atoms with van der Waals surface area (Å²) in [4.78, 5) is 38.1. The Morgan fingerprint density at radius 3 is 0.829 bits per heavy atom. The first-order valence-electron chi connectivity index (χ1n) is 31.5. The zero-order chi connectivity index (χ0) is 55.0. The van der Waals surface area contributed by atoms with Crippen LogP contribution >= 0.6 is 0 Å². The van der Waals surface area contributed by atoms with Crippen LogP contribution in [0.25, 0.3) is 0 Å².